The molecule has 1 saturated heterocycles. The molecule has 2 aromatic carbocycles. The van der Waals surface area contributed by atoms with Gasteiger partial charge in [0.2, 0.25) is 6.73 Å². The predicted octanol–water partition coefficient (Wildman–Crippen LogP) is 4.70. The maximum Gasteiger partial charge on any atom is 0.351 e. The van der Waals surface area contributed by atoms with Crippen molar-refractivity contribution in [1.82, 2.24) is 4.90 Å². The van der Waals surface area contributed by atoms with Crippen LogP contribution in [0.15, 0.2) is 65.7 Å². The molecule has 9 heteroatoms. The Kier molecular flexibility index (Phi) is 6.99. The van der Waals surface area contributed by atoms with Gasteiger partial charge in [0.1, 0.15) is 10.8 Å². The molecule has 1 atom stereocenters. The van der Waals surface area contributed by atoms with Crippen LogP contribution in [0, 0.1) is 6.92 Å². The van der Waals surface area contributed by atoms with E-state index in [1.54, 1.807) is 35.6 Å². The third-order valence-electron chi connectivity index (χ3n) is 6.74. The number of piperazine rings is 1. The predicted molar refractivity (Wildman–Crippen MR) is 145 cm³/mol. The van der Waals surface area contributed by atoms with E-state index in [4.69, 9.17) is 14.5 Å². The van der Waals surface area contributed by atoms with Gasteiger partial charge >= 0.3 is 11.9 Å². The van der Waals surface area contributed by atoms with Crippen LogP contribution in [0.25, 0.3) is 0 Å². The molecule has 37 heavy (non-hydrogen) atoms. The lowest BCUT2D eigenvalue weighted by Crippen LogP contribution is -2.59. The van der Waals surface area contributed by atoms with Crippen molar-refractivity contribution in [1.29, 1.82) is 0 Å². The summed E-state index contributed by atoms with van der Waals surface area (Å²) in [4.78, 5) is 33.4. The van der Waals surface area contributed by atoms with Gasteiger partial charge in [-0.1, -0.05) is 30.3 Å². The number of quaternary nitrogens is 1. The first-order valence-corrected chi connectivity index (χ1v) is 13.2. The molecule has 192 valence electrons. The number of anilines is 2. The van der Waals surface area contributed by atoms with E-state index in [0.29, 0.717) is 10.0 Å². The molecule has 0 amide bonds. The van der Waals surface area contributed by atoms with Crippen molar-refractivity contribution in [2.75, 3.05) is 45.3 Å². The Morgan fingerprint density at radius 1 is 1.11 bits per heavy atom. The molecule has 0 spiro atoms. The quantitative estimate of drug-likeness (QED) is 0.389. The molecular formula is C28H31N4O4S+. The van der Waals surface area contributed by atoms with Crippen LogP contribution >= 0.6 is 11.3 Å². The average Bonchev–Trinajstić information content (AvgIpc) is 3.19. The second-order valence-corrected chi connectivity index (χ2v) is 11.0. The van der Waals surface area contributed by atoms with Crippen molar-refractivity contribution in [3.63, 3.8) is 0 Å². The Morgan fingerprint density at radius 3 is 2.57 bits per heavy atom. The number of nitrogens with one attached hydrogen (secondary N) is 1. The van der Waals surface area contributed by atoms with Gasteiger partial charge in [-0.2, -0.15) is 0 Å². The Hall–Kier alpha value is -3.69. The highest BCUT2D eigenvalue weighted by molar-refractivity contribution is 7.16. The van der Waals surface area contributed by atoms with E-state index < -0.39 is 18.0 Å². The first-order valence-electron chi connectivity index (χ1n) is 12.4. The standard InChI is InChI=1S/C28H31N4O4S/c1-19-17-22-25(29-23-11-7-8-12-24(23)30-26(22)37-19)31-13-15-32(3,16-14-31)18-35-27(33)20(2)36-28(34)21-9-5-4-6-10-21/h4-12,17,20,30H,13-16,18H2,1-3H3/q+1/t20-/m0/s1. The number of aryl methyl sites for hydroxylation is 1. The zero-order chi connectivity index (χ0) is 26.0. The van der Waals surface area contributed by atoms with Crippen molar-refractivity contribution in [2.24, 2.45) is 4.99 Å². The van der Waals surface area contributed by atoms with Gasteiger partial charge in [0.05, 0.1) is 55.7 Å². The number of ether oxygens (including phenoxy) is 2. The number of likely N-dealkylation sites (N-methyl/N-ethyl adjacent to an activating group) is 1. The van der Waals surface area contributed by atoms with Crippen LogP contribution < -0.4 is 5.32 Å². The summed E-state index contributed by atoms with van der Waals surface area (Å²) in [6.07, 6.45) is -0.978. The zero-order valence-electron chi connectivity index (χ0n) is 21.3. The molecule has 2 aliphatic rings. The summed E-state index contributed by atoms with van der Waals surface area (Å²) in [7, 11) is 2.08. The summed E-state index contributed by atoms with van der Waals surface area (Å²) < 4.78 is 11.5. The summed E-state index contributed by atoms with van der Waals surface area (Å²) in [6, 6.07) is 18.9. The van der Waals surface area contributed by atoms with E-state index in [1.807, 2.05) is 24.3 Å². The van der Waals surface area contributed by atoms with Crippen LogP contribution in [-0.4, -0.2) is 73.2 Å². The highest BCUT2D eigenvalue weighted by Gasteiger charge is 2.34. The Labute approximate surface area is 220 Å². The molecule has 1 N–H and O–H groups in total. The number of esters is 2. The molecule has 8 nitrogen and oxygen atoms in total. The highest BCUT2D eigenvalue weighted by Crippen LogP contribution is 2.39. The maximum atomic E-state index is 12.6. The minimum atomic E-state index is -0.978. The van der Waals surface area contributed by atoms with E-state index in [2.05, 4.69) is 36.3 Å². The molecule has 0 bridgehead atoms. The lowest BCUT2D eigenvalue weighted by Gasteiger charge is -2.42. The van der Waals surface area contributed by atoms with E-state index in [9.17, 15) is 9.59 Å². The van der Waals surface area contributed by atoms with Crippen LogP contribution in [-0.2, 0) is 14.3 Å². The molecule has 1 fully saturated rings. The normalized spacial score (nSPS) is 16.8. The Morgan fingerprint density at radius 2 is 1.81 bits per heavy atom. The molecule has 5 rings (SSSR count). The van der Waals surface area contributed by atoms with E-state index in [-0.39, 0.29) is 6.73 Å². The SMILES string of the molecule is Cc1cc2c(s1)Nc1ccccc1N=C2N1CC[N+](C)(COC(=O)[C@H](C)OC(=O)c2ccccc2)CC1. The minimum Gasteiger partial charge on any atom is -0.447 e. The first-order chi connectivity index (χ1) is 17.8. The molecule has 2 aliphatic heterocycles. The van der Waals surface area contributed by atoms with Crippen LogP contribution in [0.1, 0.15) is 27.7 Å². The van der Waals surface area contributed by atoms with E-state index >= 15 is 0 Å². The molecule has 3 aromatic rings. The molecule has 0 unspecified atom stereocenters. The molecule has 0 radical (unpaired) electrons. The number of carbonyl (C=O) groups excluding carboxylic acids is 2. The van der Waals surface area contributed by atoms with Gasteiger partial charge in [0.15, 0.2) is 6.10 Å². The number of carbonyl (C=O) groups is 2. The number of benzene rings is 2. The van der Waals surface area contributed by atoms with Crippen molar-refractivity contribution in [3.05, 3.63) is 76.7 Å². The number of amidine groups is 1. The number of hydrogen-bond donors (Lipinski definition) is 1. The molecule has 1 aromatic heterocycles. The van der Waals surface area contributed by atoms with E-state index in [1.165, 1.54) is 11.8 Å². The van der Waals surface area contributed by atoms with Gasteiger partial charge in [0, 0.05) is 4.88 Å². The van der Waals surface area contributed by atoms with Crippen molar-refractivity contribution < 1.29 is 23.5 Å². The second-order valence-electron chi connectivity index (χ2n) is 9.74. The lowest BCUT2D eigenvalue weighted by molar-refractivity contribution is -0.929. The highest BCUT2D eigenvalue weighted by atomic mass is 32.1. The third kappa shape index (κ3) is 5.52. The van der Waals surface area contributed by atoms with Crippen LogP contribution in [0.5, 0.6) is 0 Å². The number of fused-ring (bicyclic) bond motifs is 2. The van der Waals surface area contributed by atoms with Gasteiger partial charge in [-0.25, -0.2) is 14.6 Å². The number of hydrogen-bond acceptors (Lipinski definition) is 8. The van der Waals surface area contributed by atoms with Gasteiger partial charge in [-0.3, -0.25) is 4.48 Å². The smallest absolute Gasteiger partial charge is 0.351 e. The fraction of sp³-hybridized carbons (Fsp3) is 0.321. The summed E-state index contributed by atoms with van der Waals surface area (Å²) >= 11 is 1.74. The van der Waals surface area contributed by atoms with Gasteiger partial charge in [-0.05, 0) is 44.2 Å². The molecular weight excluding hydrogens is 488 g/mol. The summed E-state index contributed by atoms with van der Waals surface area (Å²) in [6.45, 7) is 7.01. The molecule has 0 saturated carbocycles. The summed E-state index contributed by atoms with van der Waals surface area (Å²) in [5.41, 5.74) is 3.46. The topological polar surface area (TPSA) is 80.2 Å². The van der Waals surface area contributed by atoms with Crippen molar-refractivity contribution >= 4 is 45.5 Å². The molecule has 0 aliphatic carbocycles. The monoisotopic (exact) mass is 519 g/mol. The average molecular weight is 520 g/mol. The summed E-state index contributed by atoms with van der Waals surface area (Å²) in [5.74, 6) is -0.107. The number of nitrogens with zero attached hydrogens (tertiary/aromatic N) is 3. The number of para-hydroxylation sites is 2. The van der Waals surface area contributed by atoms with Gasteiger partial charge < -0.3 is 19.7 Å². The Balaban J connectivity index is 1.20. The first kappa shape index (κ1) is 25.0. The largest absolute Gasteiger partial charge is 0.447 e. The third-order valence-corrected chi connectivity index (χ3v) is 7.70. The van der Waals surface area contributed by atoms with E-state index in [0.717, 1.165) is 54.0 Å². The van der Waals surface area contributed by atoms with Crippen LogP contribution in [0.3, 0.4) is 0 Å². The van der Waals surface area contributed by atoms with Gasteiger partial charge in [0.25, 0.3) is 0 Å². The lowest BCUT2D eigenvalue weighted by atomic mass is 10.2. The number of aliphatic imine (C=N–C) groups is 1. The van der Waals surface area contributed by atoms with Crippen LogP contribution in [0.4, 0.5) is 16.4 Å². The fourth-order valence-corrected chi connectivity index (χ4v) is 5.38. The Bertz CT molecular complexity index is 1330. The van der Waals surface area contributed by atoms with Crippen molar-refractivity contribution in [3.8, 4) is 0 Å². The zero-order valence-corrected chi connectivity index (χ0v) is 22.1. The van der Waals surface area contributed by atoms with Crippen LogP contribution in [0.2, 0.25) is 0 Å². The fourth-order valence-electron chi connectivity index (χ4n) is 4.46. The number of rotatable bonds is 5. The molecule has 3 heterocycles. The second kappa shape index (κ2) is 10.4. The minimum absolute atomic E-state index is 0.222. The van der Waals surface area contributed by atoms with Gasteiger partial charge in [-0.15, -0.1) is 11.3 Å². The maximum absolute atomic E-state index is 12.6. The number of thiophene rings is 1. The van der Waals surface area contributed by atoms with Crippen molar-refractivity contribution in [2.45, 2.75) is 20.0 Å². The summed E-state index contributed by atoms with van der Waals surface area (Å²) in [5, 5.41) is 4.66.